The highest BCUT2D eigenvalue weighted by molar-refractivity contribution is 5.33. The molecule has 4 heteroatoms. The maximum Gasteiger partial charge on any atom is 0.121 e. The van der Waals surface area contributed by atoms with Crippen molar-refractivity contribution < 1.29 is 9.47 Å². The number of hydrogen-bond donors (Lipinski definition) is 1. The fourth-order valence-corrected chi connectivity index (χ4v) is 2.15. The van der Waals surface area contributed by atoms with Gasteiger partial charge in [-0.15, -0.1) is 0 Å². The summed E-state index contributed by atoms with van der Waals surface area (Å²) in [4.78, 5) is 0. The average Bonchev–Trinajstić information content (AvgIpc) is 2.57. The topological polar surface area (TPSA) is 54.3 Å². The number of nitrogens with zero attached hydrogens (tertiary/aromatic N) is 1. The van der Waals surface area contributed by atoms with Crippen molar-refractivity contribution in [2.24, 2.45) is 0 Å². The van der Waals surface area contributed by atoms with Gasteiger partial charge in [-0.05, 0) is 42.3 Å². The van der Waals surface area contributed by atoms with Gasteiger partial charge in [0.1, 0.15) is 17.5 Å². The minimum atomic E-state index is -0.373. The fraction of sp³-hybridized carbons (Fsp3) is 0.278. The molecule has 1 N–H and O–H groups in total. The van der Waals surface area contributed by atoms with E-state index in [-0.39, 0.29) is 6.04 Å². The molecule has 2 aromatic carbocycles. The third-order valence-electron chi connectivity index (χ3n) is 3.30. The normalized spacial score (nSPS) is 11.5. The Bertz CT molecular complexity index is 632. The molecule has 0 fully saturated rings. The van der Waals surface area contributed by atoms with Crippen LogP contribution < -0.4 is 14.8 Å². The van der Waals surface area contributed by atoms with Crippen LogP contribution in [0.15, 0.2) is 48.5 Å². The highest BCUT2D eigenvalue weighted by atomic mass is 16.5. The van der Waals surface area contributed by atoms with E-state index in [2.05, 4.69) is 11.4 Å². The summed E-state index contributed by atoms with van der Waals surface area (Å²) in [6.45, 7) is 3.16. The lowest BCUT2D eigenvalue weighted by molar-refractivity contribution is 0.339. The summed E-state index contributed by atoms with van der Waals surface area (Å²) >= 11 is 0. The van der Waals surface area contributed by atoms with Gasteiger partial charge in [0.05, 0.1) is 19.8 Å². The molecule has 0 saturated carbocycles. The first kappa shape index (κ1) is 15.9. The van der Waals surface area contributed by atoms with Crippen molar-refractivity contribution in [2.75, 3.05) is 13.7 Å². The van der Waals surface area contributed by atoms with Crippen LogP contribution in [0.5, 0.6) is 11.5 Å². The van der Waals surface area contributed by atoms with Gasteiger partial charge >= 0.3 is 0 Å². The Morgan fingerprint density at radius 1 is 1.14 bits per heavy atom. The summed E-state index contributed by atoms with van der Waals surface area (Å²) in [5.41, 5.74) is 2.00. The van der Waals surface area contributed by atoms with E-state index in [0.717, 1.165) is 22.6 Å². The maximum atomic E-state index is 9.39. The van der Waals surface area contributed by atoms with E-state index < -0.39 is 0 Å². The van der Waals surface area contributed by atoms with Crippen LogP contribution in [0, 0.1) is 11.3 Å². The van der Waals surface area contributed by atoms with E-state index in [1.165, 1.54) is 0 Å². The highest BCUT2D eigenvalue weighted by Gasteiger charge is 2.10. The van der Waals surface area contributed by atoms with Gasteiger partial charge in [-0.3, -0.25) is 5.32 Å². The van der Waals surface area contributed by atoms with Gasteiger partial charge in [0.25, 0.3) is 0 Å². The van der Waals surface area contributed by atoms with Crippen LogP contribution in [0.4, 0.5) is 0 Å². The van der Waals surface area contributed by atoms with Crippen LogP contribution >= 0.6 is 0 Å². The number of methoxy groups -OCH3 is 1. The van der Waals surface area contributed by atoms with Crippen molar-refractivity contribution in [1.82, 2.24) is 5.32 Å². The van der Waals surface area contributed by atoms with Crippen molar-refractivity contribution in [3.05, 3.63) is 59.7 Å². The molecule has 4 nitrogen and oxygen atoms in total. The van der Waals surface area contributed by atoms with E-state index in [9.17, 15) is 5.26 Å². The summed E-state index contributed by atoms with van der Waals surface area (Å²) in [6.07, 6.45) is 0. The van der Waals surface area contributed by atoms with Crippen LogP contribution in [-0.4, -0.2) is 13.7 Å². The minimum absolute atomic E-state index is 0.373. The number of nitriles is 1. The molecule has 22 heavy (non-hydrogen) atoms. The monoisotopic (exact) mass is 296 g/mol. The molecule has 1 unspecified atom stereocenters. The number of benzene rings is 2. The first-order chi connectivity index (χ1) is 10.8. The highest BCUT2D eigenvalue weighted by Crippen LogP contribution is 2.20. The van der Waals surface area contributed by atoms with Crippen molar-refractivity contribution in [2.45, 2.75) is 19.5 Å². The van der Waals surface area contributed by atoms with Gasteiger partial charge in [0.15, 0.2) is 0 Å². The molecule has 1 atom stereocenters. The Morgan fingerprint density at radius 3 is 2.55 bits per heavy atom. The lowest BCUT2D eigenvalue weighted by atomic mass is 10.1. The van der Waals surface area contributed by atoms with Crippen molar-refractivity contribution in [1.29, 1.82) is 5.26 Å². The van der Waals surface area contributed by atoms with Gasteiger partial charge in [-0.25, -0.2) is 0 Å². The largest absolute Gasteiger partial charge is 0.497 e. The van der Waals surface area contributed by atoms with Gasteiger partial charge in [0, 0.05) is 6.54 Å². The van der Waals surface area contributed by atoms with Gasteiger partial charge in [0.2, 0.25) is 0 Å². The molecule has 0 aliphatic heterocycles. The van der Waals surface area contributed by atoms with Gasteiger partial charge in [-0.1, -0.05) is 24.3 Å². The SMILES string of the molecule is CCOc1cccc(C(C#N)NCc2ccc(OC)cc2)c1. The third-order valence-corrected chi connectivity index (χ3v) is 3.30. The fourth-order valence-electron chi connectivity index (χ4n) is 2.15. The van der Waals surface area contributed by atoms with E-state index in [1.54, 1.807) is 7.11 Å². The Balaban J connectivity index is 2.02. The minimum Gasteiger partial charge on any atom is -0.497 e. The molecule has 0 spiro atoms. The number of rotatable bonds is 7. The average molecular weight is 296 g/mol. The molecule has 0 aliphatic carbocycles. The predicted molar refractivity (Wildman–Crippen MR) is 85.8 cm³/mol. The lowest BCUT2D eigenvalue weighted by Crippen LogP contribution is -2.19. The lowest BCUT2D eigenvalue weighted by Gasteiger charge is -2.13. The molecular weight excluding hydrogens is 276 g/mol. The first-order valence-corrected chi connectivity index (χ1v) is 7.25. The van der Waals surface area contributed by atoms with Crippen molar-refractivity contribution >= 4 is 0 Å². The van der Waals surface area contributed by atoms with E-state index in [0.29, 0.717) is 13.2 Å². The Morgan fingerprint density at radius 2 is 1.91 bits per heavy atom. The van der Waals surface area contributed by atoms with E-state index >= 15 is 0 Å². The van der Waals surface area contributed by atoms with Crippen LogP contribution in [0.3, 0.4) is 0 Å². The summed E-state index contributed by atoms with van der Waals surface area (Å²) < 4.78 is 10.6. The van der Waals surface area contributed by atoms with Gasteiger partial charge < -0.3 is 9.47 Å². The third kappa shape index (κ3) is 4.24. The van der Waals surface area contributed by atoms with E-state index in [4.69, 9.17) is 9.47 Å². The molecule has 0 heterocycles. The number of ether oxygens (including phenoxy) is 2. The zero-order valence-electron chi connectivity index (χ0n) is 12.9. The molecule has 0 saturated heterocycles. The Labute approximate surface area is 131 Å². The molecule has 114 valence electrons. The maximum absolute atomic E-state index is 9.39. The van der Waals surface area contributed by atoms with Crippen LogP contribution in [0.2, 0.25) is 0 Å². The van der Waals surface area contributed by atoms with Crippen molar-refractivity contribution in [3.8, 4) is 17.6 Å². The summed E-state index contributed by atoms with van der Waals surface area (Å²) in [5, 5.41) is 12.6. The molecule has 2 aromatic rings. The van der Waals surface area contributed by atoms with Gasteiger partial charge in [-0.2, -0.15) is 5.26 Å². The molecule has 0 bridgehead atoms. The van der Waals surface area contributed by atoms with Crippen LogP contribution in [-0.2, 0) is 6.54 Å². The second-order valence-corrected chi connectivity index (χ2v) is 4.80. The van der Waals surface area contributed by atoms with Crippen LogP contribution in [0.1, 0.15) is 24.1 Å². The number of nitrogens with one attached hydrogen (secondary N) is 1. The predicted octanol–water partition coefficient (Wildman–Crippen LogP) is 3.45. The second-order valence-electron chi connectivity index (χ2n) is 4.80. The van der Waals surface area contributed by atoms with E-state index in [1.807, 2.05) is 55.5 Å². The second kappa shape index (κ2) is 8.06. The molecule has 0 amide bonds. The summed E-state index contributed by atoms with van der Waals surface area (Å²) in [6, 6.07) is 17.3. The Kier molecular flexibility index (Phi) is 5.81. The zero-order chi connectivity index (χ0) is 15.8. The van der Waals surface area contributed by atoms with Crippen LogP contribution in [0.25, 0.3) is 0 Å². The zero-order valence-corrected chi connectivity index (χ0v) is 12.9. The standard InChI is InChI=1S/C18H20N2O2/c1-3-22-17-6-4-5-15(11-17)18(12-19)20-13-14-7-9-16(21-2)10-8-14/h4-11,18,20H,3,13H2,1-2H3. The molecular formula is C18H20N2O2. The molecule has 0 aromatic heterocycles. The molecule has 0 radical (unpaired) electrons. The molecule has 0 aliphatic rings. The molecule has 2 rings (SSSR count). The smallest absolute Gasteiger partial charge is 0.121 e. The quantitative estimate of drug-likeness (QED) is 0.850. The summed E-state index contributed by atoms with van der Waals surface area (Å²) in [5.74, 6) is 1.61. The Hall–Kier alpha value is -2.51. The summed E-state index contributed by atoms with van der Waals surface area (Å²) in [7, 11) is 1.64. The van der Waals surface area contributed by atoms with Crippen molar-refractivity contribution in [3.63, 3.8) is 0 Å². The first-order valence-electron chi connectivity index (χ1n) is 7.25. The number of hydrogen-bond acceptors (Lipinski definition) is 4.